The van der Waals surface area contributed by atoms with E-state index >= 15 is 0 Å². The first-order valence-corrected chi connectivity index (χ1v) is 6.89. The van der Waals surface area contributed by atoms with Gasteiger partial charge in [-0.15, -0.1) is 0 Å². The van der Waals surface area contributed by atoms with Crippen LogP contribution in [-0.2, 0) is 9.47 Å². The van der Waals surface area contributed by atoms with Gasteiger partial charge in [-0.3, -0.25) is 4.79 Å². The largest absolute Gasteiger partial charge is 0.465 e. The first-order valence-electron chi connectivity index (χ1n) is 6.89. The molecular formula is C17H17NO5. The van der Waals surface area contributed by atoms with E-state index in [1.54, 1.807) is 23.6 Å². The minimum absolute atomic E-state index is 0.291. The molecular weight excluding hydrogens is 298 g/mol. The van der Waals surface area contributed by atoms with Gasteiger partial charge in [0.2, 0.25) is 0 Å². The van der Waals surface area contributed by atoms with Crippen LogP contribution < -0.4 is 0 Å². The highest BCUT2D eigenvalue weighted by Crippen LogP contribution is 2.25. The number of carbonyl (C=O) groups is 3. The Balaban J connectivity index is 2.76. The second-order valence-corrected chi connectivity index (χ2v) is 4.99. The maximum atomic E-state index is 12.0. The summed E-state index contributed by atoms with van der Waals surface area (Å²) in [4.78, 5) is 35.0. The van der Waals surface area contributed by atoms with E-state index in [-0.39, 0.29) is 0 Å². The highest BCUT2D eigenvalue weighted by Gasteiger charge is 2.20. The first kappa shape index (κ1) is 16.5. The summed E-state index contributed by atoms with van der Waals surface area (Å²) in [6.45, 7) is 3.58. The number of methoxy groups -OCH3 is 2. The fraction of sp³-hybridized carbons (Fsp3) is 0.235. The van der Waals surface area contributed by atoms with Crippen molar-refractivity contribution < 1.29 is 23.9 Å². The van der Waals surface area contributed by atoms with Gasteiger partial charge in [0.1, 0.15) is 0 Å². The Morgan fingerprint density at radius 3 is 2.22 bits per heavy atom. The summed E-state index contributed by atoms with van der Waals surface area (Å²) in [5.74, 6) is -1.04. The van der Waals surface area contributed by atoms with Crippen LogP contribution >= 0.6 is 0 Å². The molecule has 1 aromatic heterocycles. The van der Waals surface area contributed by atoms with Crippen LogP contribution in [-0.4, -0.2) is 37.0 Å². The van der Waals surface area contributed by atoms with E-state index in [1.165, 1.54) is 26.4 Å². The Hall–Kier alpha value is -2.89. The molecule has 23 heavy (non-hydrogen) atoms. The van der Waals surface area contributed by atoms with Gasteiger partial charge >= 0.3 is 11.9 Å². The van der Waals surface area contributed by atoms with Crippen molar-refractivity contribution in [2.75, 3.05) is 14.2 Å². The van der Waals surface area contributed by atoms with Gasteiger partial charge in [0.15, 0.2) is 6.29 Å². The van der Waals surface area contributed by atoms with Crippen LogP contribution in [0.5, 0.6) is 0 Å². The smallest absolute Gasteiger partial charge is 0.339 e. The topological polar surface area (TPSA) is 74.6 Å². The van der Waals surface area contributed by atoms with E-state index in [0.717, 1.165) is 12.0 Å². The second-order valence-electron chi connectivity index (χ2n) is 4.99. The van der Waals surface area contributed by atoms with Crippen molar-refractivity contribution in [3.63, 3.8) is 0 Å². The van der Waals surface area contributed by atoms with Crippen molar-refractivity contribution >= 4 is 18.2 Å². The quantitative estimate of drug-likeness (QED) is 0.640. The molecule has 0 radical (unpaired) electrons. The van der Waals surface area contributed by atoms with Gasteiger partial charge in [0.25, 0.3) is 0 Å². The van der Waals surface area contributed by atoms with Crippen molar-refractivity contribution in [2.24, 2.45) is 0 Å². The number of aromatic nitrogens is 1. The second kappa shape index (κ2) is 6.48. The number of hydrogen-bond donors (Lipinski definition) is 0. The number of aryl methyl sites for hydroxylation is 1. The Morgan fingerprint density at radius 1 is 1.04 bits per heavy atom. The predicted octanol–water partition coefficient (Wildman–Crippen LogP) is 2.48. The summed E-state index contributed by atoms with van der Waals surface area (Å²) in [7, 11) is 2.57. The van der Waals surface area contributed by atoms with E-state index in [9.17, 15) is 14.4 Å². The molecule has 2 rings (SSSR count). The zero-order chi connectivity index (χ0) is 17.1. The third kappa shape index (κ3) is 2.88. The van der Waals surface area contributed by atoms with Gasteiger partial charge in [0, 0.05) is 17.0 Å². The molecule has 0 saturated heterocycles. The maximum Gasteiger partial charge on any atom is 0.339 e. The number of hydrogen-bond acceptors (Lipinski definition) is 5. The molecule has 0 atom stereocenters. The Morgan fingerprint density at radius 2 is 1.70 bits per heavy atom. The summed E-state index contributed by atoms with van der Waals surface area (Å²) in [5, 5.41) is 0. The molecule has 2 aromatic rings. The van der Waals surface area contributed by atoms with Crippen molar-refractivity contribution in [3.05, 3.63) is 52.3 Å². The summed E-state index contributed by atoms with van der Waals surface area (Å²) < 4.78 is 11.3. The molecule has 0 N–H and O–H groups in total. The zero-order valence-electron chi connectivity index (χ0n) is 13.4. The van der Waals surface area contributed by atoms with E-state index < -0.39 is 11.9 Å². The molecule has 0 aliphatic heterocycles. The Kier molecular flexibility index (Phi) is 4.64. The van der Waals surface area contributed by atoms with Gasteiger partial charge < -0.3 is 14.0 Å². The number of benzene rings is 1. The van der Waals surface area contributed by atoms with Crippen LogP contribution in [0.3, 0.4) is 0 Å². The molecule has 1 aromatic carbocycles. The van der Waals surface area contributed by atoms with E-state index in [0.29, 0.717) is 28.1 Å². The van der Waals surface area contributed by atoms with Crippen molar-refractivity contribution in [1.29, 1.82) is 0 Å². The van der Waals surface area contributed by atoms with Crippen molar-refractivity contribution in [3.8, 4) is 5.69 Å². The minimum Gasteiger partial charge on any atom is -0.465 e. The van der Waals surface area contributed by atoms with Gasteiger partial charge in [0.05, 0.1) is 31.0 Å². The van der Waals surface area contributed by atoms with Crippen LogP contribution in [0, 0.1) is 13.8 Å². The SMILES string of the molecule is COC(=O)c1ccc(C(=O)OC)c(-n2c(C)cc(C=O)c2C)c1. The molecule has 0 aliphatic carbocycles. The van der Waals surface area contributed by atoms with Crippen LogP contribution in [0.4, 0.5) is 0 Å². The summed E-state index contributed by atoms with van der Waals surface area (Å²) >= 11 is 0. The predicted molar refractivity (Wildman–Crippen MR) is 83.3 cm³/mol. The Labute approximate surface area is 133 Å². The first-order chi connectivity index (χ1) is 10.9. The molecule has 0 amide bonds. The van der Waals surface area contributed by atoms with E-state index in [4.69, 9.17) is 9.47 Å². The van der Waals surface area contributed by atoms with E-state index in [1.807, 2.05) is 6.92 Å². The number of rotatable bonds is 4. The van der Waals surface area contributed by atoms with Crippen molar-refractivity contribution in [2.45, 2.75) is 13.8 Å². The molecule has 1 heterocycles. The third-order valence-corrected chi connectivity index (χ3v) is 3.66. The highest BCUT2D eigenvalue weighted by molar-refractivity contribution is 5.97. The number of carbonyl (C=O) groups excluding carboxylic acids is 3. The number of aldehydes is 1. The van der Waals surface area contributed by atoms with Gasteiger partial charge in [-0.2, -0.15) is 0 Å². The molecule has 0 aliphatic rings. The highest BCUT2D eigenvalue weighted by atomic mass is 16.5. The van der Waals surface area contributed by atoms with Gasteiger partial charge in [-0.25, -0.2) is 9.59 Å². The van der Waals surface area contributed by atoms with Gasteiger partial charge in [-0.1, -0.05) is 0 Å². The Bertz CT molecular complexity index is 789. The molecule has 6 nitrogen and oxygen atoms in total. The molecule has 6 heteroatoms. The average Bonchev–Trinajstić information content (AvgIpc) is 2.86. The maximum absolute atomic E-state index is 12.0. The lowest BCUT2D eigenvalue weighted by Gasteiger charge is -2.15. The molecule has 120 valence electrons. The minimum atomic E-state index is -0.531. The fourth-order valence-corrected chi connectivity index (χ4v) is 2.52. The van der Waals surface area contributed by atoms with Crippen LogP contribution in [0.15, 0.2) is 24.3 Å². The lowest BCUT2D eigenvalue weighted by molar-refractivity contribution is 0.0586. The average molecular weight is 315 g/mol. The molecule has 0 fully saturated rings. The third-order valence-electron chi connectivity index (χ3n) is 3.66. The van der Waals surface area contributed by atoms with Crippen LogP contribution in [0.2, 0.25) is 0 Å². The van der Waals surface area contributed by atoms with E-state index in [2.05, 4.69) is 0 Å². The van der Waals surface area contributed by atoms with Crippen LogP contribution in [0.1, 0.15) is 42.5 Å². The summed E-state index contributed by atoms with van der Waals surface area (Å²) in [6.07, 6.45) is 0.751. The monoisotopic (exact) mass is 315 g/mol. The van der Waals surface area contributed by atoms with Crippen molar-refractivity contribution in [1.82, 2.24) is 4.57 Å². The molecule has 0 spiro atoms. The molecule has 0 unspecified atom stereocenters. The fourth-order valence-electron chi connectivity index (χ4n) is 2.52. The zero-order valence-corrected chi connectivity index (χ0v) is 13.4. The molecule has 0 bridgehead atoms. The standard InChI is InChI=1S/C17H17NO5/c1-10-7-13(9-19)11(2)18(10)15-8-12(16(20)22-3)5-6-14(15)17(21)23-4/h5-9H,1-4H3. The van der Waals surface area contributed by atoms with Crippen LogP contribution in [0.25, 0.3) is 5.69 Å². The number of ether oxygens (including phenoxy) is 2. The lowest BCUT2D eigenvalue weighted by atomic mass is 10.1. The summed E-state index contributed by atoms with van der Waals surface area (Å²) in [6, 6.07) is 6.27. The number of nitrogens with zero attached hydrogens (tertiary/aromatic N) is 1. The normalized spacial score (nSPS) is 10.3. The molecule has 0 saturated carbocycles. The van der Waals surface area contributed by atoms with Gasteiger partial charge in [-0.05, 0) is 38.1 Å². The summed E-state index contributed by atoms with van der Waals surface area (Å²) in [5.41, 5.74) is 3.00. The lowest BCUT2D eigenvalue weighted by Crippen LogP contribution is -2.12. The number of esters is 2.